The Morgan fingerprint density at radius 1 is 1.04 bits per heavy atom. The van der Waals surface area contributed by atoms with Gasteiger partial charge in [-0.05, 0) is 29.2 Å². The van der Waals surface area contributed by atoms with Crippen LogP contribution in [-0.4, -0.2) is 14.8 Å². The van der Waals surface area contributed by atoms with Crippen LogP contribution in [0, 0.1) is 6.92 Å². The molecule has 3 aromatic rings. The molecule has 1 aromatic heterocycles. The van der Waals surface area contributed by atoms with Crippen LogP contribution < -0.4 is 0 Å². The molecule has 1 aliphatic rings. The fourth-order valence-electron chi connectivity index (χ4n) is 3.13. The molecule has 0 saturated heterocycles. The molecule has 1 aliphatic carbocycles. The first-order chi connectivity index (χ1) is 11.3. The first kappa shape index (κ1) is 14.3. The maximum absolute atomic E-state index is 4.37. The third-order valence-electron chi connectivity index (χ3n) is 4.21. The van der Waals surface area contributed by atoms with E-state index in [2.05, 4.69) is 69.9 Å². The van der Waals surface area contributed by atoms with Crippen LogP contribution in [0.2, 0.25) is 0 Å². The molecule has 0 bridgehead atoms. The molecule has 1 heterocycles. The van der Waals surface area contributed by atoms with Crippen molar-refractivity contribution in [2.45, 2.75) is 23.9 Å². The number of nitrogens with zero attached hydrogens (tertiary/aromatic N) is 3. The van der Waals surface area contributed by atoms with Gasteiger partial charge >= 0.3 is 0 Å². The lowest BCUT2D eigenvalue weighted by molar-refractivity contribution is 0.702. The van der Waals surface area contributed by atoms with Gasteiger partial charge in [0.25, 0.3) is 0 Å². The van der Waals surface area contributed by atoms with Gasteiger partial charge in [0.05, 0.1) is 5.25 Å². The standard InChI is InChI=1S/C19H17N3S/c1-3-12-22-13(2)20-21-19(22)23-18-16-10-6-4-8-14(16)15-9-5-7-11-17(15)18/h3-11,18H,1,12H2,2H3. The summed E-state index contributed by atoms with van der Waals surface area (Å²) < 4.78 is 2.11. The van der Waals surface area contributed by atoms with Gasteiger partial charge in [-0.1, -0.05) is 66.4 Å². The lowest BCUT2D eigenvalue weighted by Gasteiger charge is -2.13. The molecule has 114 valence electrons. The molecular weight excluding hydrogens is 302 g/mol. The molecule has 0 N–H and O–H groups in total. The van der Waals surface area contributed by atoms with Gasteiger partial charge in [0.2, 0.25) is 0 Å². The molecule has 0 amide bonds. The minimum absolute atomic E-state index is 0.259. The summed E-state index contributed by atoms with van der Waals surface area (Å²) in [6.45, 7) is 6.55. The quantitative estimate of drug-likeness (QED) is 0.657. The van der Waals surface area contributed by atoms with Crippen molar-refractivity contribution in [3.63, 3.8) is 0 Å². The number of hydrogen-bond donors (Lipinski definition) is 0. The molecule has 0 saturated carbocycles. The smallest absolute Gasteiger partial charge is 0.192 e. The molecule has 4 heteroatoms. The zero-order chi connectivity index (χ0) is 15.8. The van der Waals surface area contributed by atoms with E-state index in [0.717, 1.165) is 17.5 Å². The Bertz CT molecular complexity index is 836. The Hall–Kier alpha value is -2.33. The third-order valence-corrected chi connectivity index (χ3v) is 5.47. The molecule has 23 heavy (non-hydrogen) atoms. The van der Waals surface area contributed by atoms with Crippen molar-refractivity contribution in [2.24, 2.45) is 0 Å². The van der Waals surface area contributed by atoms with E-state index in [0.29, 0.717) is 0 Å². The molecule has 0 atom stereocenters. The van der Waals surface area contributed by atoms with Crippen LogP contribution in [0.5, 0.6) is 0 Å². The summed E-state index contributed by atoms with van der Waals surface area (Å²) in [6.07, 6.45) is 1.89. The minimum atomic E-state index is 0.259. The molecule has 0 spiro atoms. The van der Waals surface area contributed by atoms with Crippen LogP contribution in [0.15, 0.2) is 66.3 Å². The van der Waals surface area contributed by atoms with Gasteiger partial charge in [-0.2, -0.15) is 0 Å². The van der Waals surface area contributed by atoms with Crippen molar-refractivity contribution in [1.29, 1.82) is 0 Å². The van der Waals surface area contributed by atoms with Gasteiger partial charge in [0, 0.05) is 6.54 Å². The van der Waals surface area contributed by atoms with Gasteiger partial charge in [-0.3, -0.25) is 0 Å². The van der Waals surface area contributed by atoms with Crippen LogP contribution in [0.1, 0.15) is 22.2 Å². The van der Waals surface area contributed by atoms with Crippen molar-refractivity contribution < 1.29 is 0 Å². The molecular formula is C19H17N3S. The van der Waals surface area contributed by atoms with E-state index in [9.17, 15) is 0 Å². The summed E-state index contributed by atoms with van der Waals surface area (Å²) in [5, 5.41) is 9.81. The summed E-state index contributed by atoms with van der Waals surface area (Å²) >= 11 is 1.77. The van der Waals surface area contributed by atoms with Crippen LogP contribution >= 0.6 is 11.8 Å². The second-order valence-corrected chi connectivity index (χ2v) is 6.67. The maximum atomic E-state index is 4.37. The average molecular weight is 319 g/mol. The lowest BCUT2D eigenvalue weighted by atomic mass is 10.1. The molecule has 0 aliphatic heterocycles. The zero-order valence-electron chi connectivity index (χ0n) is 12.9. The fraction of sp³-hybridized carbons (Fsp3) is 0.158. The van der Waals surface area contributed by atoms with Gasteiger partial charge in [-0.25, -0.2) is 0 Å². The van der Waals surface area contributed by atoms with Crippen molar-refractivity contribution >= 4 is 11.8 Å². The predicted octanol–water partition coefficient (Wildman–Crippen LogP) is 4.63. The van der Waals surface area contributed by atoms with Crippen LogP contribution in [0.25, 0.3) is 11.1 Å². The number of hydrogen-bond acceptors (Lipinski definition) is 3. The first-order valence-corrected chi connectivity index (χ1v) is 8.53. The highest BCUT2D eigenvalue weighted by molar-refractivity contribution is 7.99. The van der Waals surface area contributed by atoms with Gasteiger partial charge in [0.1, 0.15) is 5.82 Å². The SMILES string of the molecule is C=CCn1c(C)nnc1SC1c2ccccc2-c2ccccc21. The largest absolute Gasteiger partial charge is 0.302 e. The number of aryl methyl sites for hydroxylation is 1. The zero-order valence-corrected chi connectivity index (χ0v) is 13.8. The number of allylic oxidation sites excluding steroid dienone is 1. The normalized spacial score (nSPS) is 12.9. The molecule has 3 nitrogen and oxygen atoms in total. The second kappa shape index (κ2) is 5.70. The molecule has 0 radical (unpaired) electrons. The Morgan fingerprint density at radius 3 is 2.26 bits per heavy atom. The van der Waals surface area contributed by atoms with E-state index in [-0.39, 0.29) is 5.25 Å². The van der Waals surface area contributed by atoms with Crippen LogP contribution in [0.4, 0.5) is 0 Å². The molecule has 0 fully saturated rings. The average Bonchev–Trinajstić information content (AvgIpc) is 3.09. The highest BCUT2D eigenvalue weighted by Crippen LogP contribution is 2.51. The van der Waals surface area contributed by atoms with E-state index in [4.69, 9.17) is 0 Å². The van der Waals surface area contributed by atoms with E-state index < -0.39 is 0 Å². The van der Waals surface area contributed by atoms with E-state index in [1.165, 1.54) is 22.3 Å². The second-order valence-electron chi connectivity index (χ2n) is 5.60. The summed E-state index contributed by atoms with van der Waals surface area (Å²) in [4.78, 5) is 0. The van der Waals surface area contributed by atoms with Gasteiger partial charge in [0.15, 0.2) is 5.16 Å². The van der Waals surface area contributed by atoms with Crippen LogP contribution in [-0.2, 0) is 6.54 Å². The fourth-order valence-corrected chi connectivity index (χ4v) is 4.43. The van der Waals surface area contributed by atoms with Crippen LogP contribution in [0.3, 0.4) is 0 Å². The lowest BCUT2D eigenvalue weighted by Crippen LogP contribution is -2.02. The highest BCUT2D eigenvalue weighted by atomic mass is 32.2. The van der Waals surface area contributed by atoms with Crippen molar-refractivity contribution in [2.75, 3.05) is 0 Å². The number of benzene rings is 2. The number of rotatable bonds is 4. The third kappa shape index (κ3) is 2.30. The van der Waals surface area contributed by atoms with Gasteiger partial charge < -0.3 is 4.57 Å². The molecule has 0 unspecified atom stereocenters. The maximum Gasteiger partial charge on any atom is 0.192 e. The summed E-state index contributed by atoms with van der Waals surface area (Å²) in [6, 6.07) is 17.3. The summed E-state index contributed by atoms with van der Waals surface area (Å²) in [5.41, 5.74) is 5.35. The topological polar surface area (TPSA) is 30.7 Å². The summed E-state index contributed by atoms with van der Waals surface area (Å²) in [7, 11) is 0. The van der Waals surface area contributed by atoms with E-state index in [1.807, 2.05) is 13.0 Å². The van der Waals surface area contributed by atoms with E-state index >= 15 is 0 Å². The van der Waals surface area contributed by atoms with E-state index in [1.54, 1.807) is 11.8 Å². The van der Waals surface area contributed by atoms with Crippen molar-refractivity contribution in [1.82, 2.24) is 14.8 Å². The van der Waals surface area contributed by atoms with Crippen molar-refractivity contribution in [3.05, 3.63) is 78.1 Å². The summed E-state index contributed by atoms with van der Waals surface area (Å²) in [5.74, 6) is 0.923. The Morgan fingerprint density at radius 2 is 1.65 bits per heavy atom. The van der Waals surface area contributed by atoms with Gasteiger partial charge in [-0.15, -0.1) is 16.8 Å². The molecule has 2 aromatic carbocycles. The monoisotopic (exact) mass is 319 g/mol. The minimum Gasteiger partial charge on any atom is -0.302 e. The number of aromatic nitrogens is 3. The molecule has 4 rings (SSSR count). The Labute approximate surface area is 140 Å². The van der Waals surface area contributed by atoms with Crippen molar-refractivity contribution in [3.8, 4) is 11.1 Å². The highest BCUT2D eigenvalue weighted by Gasteiger charge is 2.30. The first-order valence-electron chi connectivity index (χ1n) is 7.65. The number of thioether (sulfide) groups is 1. The predicted molar refractivity (Wildman–Crippen MR) is 94.5 cm³/mol. The Kier molecular flexibility index (Phi) is 3.54. The Balaban J connectivity index is 1.79. The number of fused-ring (bicyclic) bond motifs is 3.